The fourth-order valence-corrected chi connectivity index (χ4v) is 1.84. The summed E-state index contributed by atoms with van der Waals surface area (Å²) in [4.78, 5) is 11.3. The normalized spacial score (nSPS) is 13.2. The molecule has 0 spiro atoms. The summed E-state index contributed by atoms with van der Waals surface area (Å²) in [6.07, 6.45) is -0.432. The molecule has 0 aromatic carbocycles. The van der Waals surface area contributed by atoms with E-state index < -0.39 is 11.7 Å². The molecular formula is C11H18N2O2S. The Morgan fingerprint density at radius 2 is 2.31 bits per heavy atom. The van der Waals surface area contributed by atoms with Crippen LogP contribution in [0.25, 0.3) is 0 Å². The highest BCUT2D eigenvalue weighted by molar-refractivity contribution is 7.07. The van der Waals surface area contributed by atoms with Crippen molar-refractivity contribution in [3.63, 3.8) is 0 Å². The average Bonchev–Trinajstić information content (AvgIpc) is 2.64. The second-order valence-electron chi connectivity index (χ2n) is 4.55. The van der Waals surface area contributed by atoms with Gasteiger partial charge in [-0.2, -0.15) is 11.3 Å². The van der Waals surface area contributed by atoms with E-state index in [9.17, 15) is 4.79 Å². The molecule has 0 aliphatic carbocycles. The van der Waals surface area contributed by atoms with Gasteiger partial charge in [0.15, 0.2) is 0 Å². The lowest BCUT2D eigenvalue weighted by Gasteiger charge is -2.20. The van der Waals surface area contributed by atoms with Crippen LogP contribution < -0.4 is 11.1 Å². The zero-order valence-corrected chi connectivity index (χ0v) is 10.6. The lowest BCUT2D eigenvalue weighted by molar-refractivity contribution is 0.0524. The lowest BCUT2D eigenvalue weighted by Crippen LogP contribution is -2.36. The Labute approximate surface area is 99.8 Å². The van der Waals surface area contributed by atoms with E-state index in [1.54, 1.807) is 11.3 Å². The predicted molar refractivity (Wildman–Crippen MR) is 65.5 cm³/mol. The van der Waals surface area contributed by atoms with Crippen molar-refractivity contribution in [3.8, 4) is 0 Å². The summed E-state index contributed by atoms with van der Waals surface area (Å²) in [7, 11) is 0. The topological polar surface area (TPSA) is 64.3 Å². The number of thiophene rings is 1. The summed E-state index contributed by atoms with van der Waals surface area (Å²) in [6.45, 7) is 5.85. The number of amides is 1. The summed E-state index contributed by atoms with van der Waals surface area (Å²) in [5.41, 5.74) is 6.44. The molecule has 1 aromatic heterocycles. The largest absolute Gasteiger partial charge is 0.444 e. The number of nitrogens with two attached hydrogens (primary N) is 1. The lowest BCUT2D eigenvalue weighted by atomic mass is 10.2. The first-order valence-electron chi connectivity index (χ1n) is 5.13. The van der Waals surface area contributed by atoms with Gasteiger partial charge in [0.2, 0.25) is 0 Å². The molecule has 0 bridgehead atoms. The molecule has 1 rings (SSSR count). The Bertz CT molecular complexity index is 330. The van der Waals surface area contributed by atoms with Crippen LogP contribution in [0.15, 0.2) is 16.8 Å². The molecule has 4 nitrogen and oxygen atoms in total. The molecule has 5 heteroatoms. The highest BCUT2D eigenvalue weighted by Gasteiger charge is 2.16. The second kappa shape index (κ2) is 5.32. The van der Waals surface area contributed by atoms with Gasteiger partial charge in [0.05, 0.1) is 0 Å². The van der Waals surface area contributed by atoms with Crippen LogP contribution in [0.1, 0.15) is 32.4 Å². The highest BCUT2D eigenvalue weighted by atomic mass is 32.1. The third-order valence-electron chi connectivity index (χ3n) is 1.84. The molecule has 0 saturated heterocycles. The summed E-state index contributed by atoms with van der Waals surface area (Å²) in [5, 5.41) is 6.58. The van der Waals surface area contributed by atoms with Gasteiger partial charge in [0.25, 0.3) is 0 Å². The van der Waals surface area contributed by atoms with E-state index in [0.717, 1.165) is 5.56 Å². The summed E-state index contributed by atoms with van der Waals surface area (Å²) in [5.74, 6) is 0. The Hall–Kier alpha value is -1.07. The fourth-order valence-electron chi connectivity index (χ4n) is 1.11. The van der Waals surface area contributed by atoms with E-state index in [2.05, 4.69) is 5.32 Å². The molecule has 0 aliphatic heterocycles. The van der Waals surface area contributed by atoms with Gasteiger partial charge in [-0.15, -0.1) is 0 Å². The molecule has 16 heavy (non-hydrogen) atoms. The van der Waals surface area contributed by atoms with Crippen LogP contribution in [0, 0.1) is 0 Å². The minimum atomic E-state index is -0.476. The SMILES string of the molecule is CC(C)(C)OC(=O)NCC(N)c1ccsc1. The molecule has 1 aromatic rings. The number of hydrogen-bond donors (Lipinski definition) is 2. The highest BCUT2D eigenvalue weighted by Crippen LogP contribution is 2.13. The van der Waals surface area contributed by atoms with Crippen molar-refractivity contribution in [2.75, 3.05) is 6.54 Å². The van der Waals surface area contributed by atoms with E-state index >= 15 is 0 Å². The van der Waals surface area contributed by atoms with Gasteiger partial charge < -0.3 is 15.8 Å². The van der Waals surface area contributed by atoms with Gasteiger partial charge in [-0.3, -0.25) is 0 Å². The quantitative estimate of drug-likeness (QED) is 0.854. The van der Waals surface area contributed by atoms with Crippen LogP contribution in [0.4, 0.5) is 4.79 Å². The Balaban J connectivity index is 2.32. The average molecular weight is 242 g/mol. The molecule has 0 radical (unpaired) electrons. The van der Waals surface area contributed by atoms with Gasteiger partial charge in [-0.05, 0) is 43.2 Å². The third-order valence-corrected chi connectivity index (χ3v) is 2.54. The molecule has 1 heterocycles. The van der Waals surface area contributed by atoms with E-state index in [4.69, 9.17) is 10.5 Å². The minimum Gasteiger partial charge on any atom is -0.444 e. The molecule has 3 N–H and O–H groups in total. The summed E-state index contributed by atoms with van der Waals surface area (Å²) in [6, 6.07) is 1.77. The van der Waals surface area contributed by atoms with Crippen LogP contribution in [-0.2, 0) is 4.74 Å². The van der Waals surface area contributed by atoms with Gasteiger partial charge in [-0.1, -0.05) is 0 Å². The van der Waals surface area contributed by atoms with Crippen LogP contribution in [0.2, 0.25) is 0 Å². The molecule has 90 valence electrons. The van der Waals surface area contributed by atoms with Gasteiger partial charge in [-0.25, -0.2) is 4.79 Å². The molecule has 1 atom stereocenters. The molecule has 1 unspecified atom stereocenters. The second-order valence-corrected chi connectivity index (χ2v) is 5.33. The van der Waals surface area contributed by atoms with Gasteiger partial charge >= 0.3 is 6.09 Å². The van der Waals surface area contributed by atoms with Crippen molar-refractivity contribution >= 4 is 17.4 Å². The Kier molecular flexibility index (Phi) is 4.32. The number of rotatable bonds is 3. The zero-order valence-electron chi connectivity index (χ0n) is 9.82. The van der Waals surface area contributed by atoms with Crippen molar-refractivity contribution < 1.29 is 9.53 Å². The molecule has 0 fully saturated rings. The third kappa shape index (κ3) is 4.63. The van der Waals surface area contributed by atoms with Crippen molar-refractivity contribution in [2.24, 2.45) is 5.73 Å². The van der Waals surface area contributed by atoms with Crippen molar-refractivity contribution in [3.05, 3.63) is 22.4 Å². The Morgan fingerprint density at radius 1 is 1.62 bits per heavy atom. The first kappa shape index (κ1) is 13.0. The van der Waals surface area contributed by atoms with E-state index in [0.29, 0.717) is 6.54 Å². The molecular weight excluding hydrogens is 224 g/mol. The summed E-state index contributed by atoms with van der Waals surface area (Å²) >= 11 is 1.59. The zero-order chi connectivity index (χ0) is 12.2. The first-order valence-corrected chi connectivity index (χ1v) is 6.07. The number of nitrogens with one attached hydrogen (secondary N) is 1. The molecule has 0 saturated carbocycles. The number of carbonyl (C=O) groups excluding carboxylic acids is 1. The smallest absolute Gasteiger partial charge is 0.407 e. The van der Waals surface area contributed by atoms with Gasteiger partial charge in [0, 0.05) is 12.6 Å². The number of hydrogen-bond acceptors (Lipinski definition) is 4. The Morgan fingerprint density at radius 3 is 2.81 bits per heavy atom. The summed E-state index contributed by atoms with van der Waals surface area (Å²) < 4.78 is 5.10. The van der Waals surface area contributed by atoms with E-state index in [-0.39, 0.29) is 6.04 Å². The fraction of sp³-hybridized carbons (Fsp3) is 0.545. The van der Waals surface area contributed by atoms with Crippen molar-refractivity contribution in [2.45, 2.75) is 32.4 Å². The number of alkyl carbamates (subject to hydrolysis) is 1. The van der Waals surface area contributed by atoms with Crippen molar-refractivity contribution in [1.29, 1.82) is 0 Å². The van der Waals surface area contributed by atoms with E-state index in [1.165, 1.54) is 0 Å². The predicted octanol–water partition coefficient (Wildman–Crippen LogP) is 2.27. The van der Waals surface area contributed by atoms with Crippen LogP contribution >= 0.6 is 11.3 Å². The first-order chi connectivity index (χ1) is 7.38. The van der Waals surface area contributed by atoms with Crippen LogP contribution in [0.3, 0.4) is 0 Å². The molecule has 1 amide bonds. The van der Waals surface area contributed by atoms with E-state index in [1.807, 2.05) is 37.6 Å². The maximum Gasteiger partial charge on any atom is 0.407 e. The standard InChI is InChI=1S/C11H18N2O2S/c1-11(2,3)15-10(14)13-6-9(12)8-4-5-16-7-8/h4-5,7,9H,6,12H2,1-3H3,(H,13,14). The maximum absolute atomic E-state index is 11.3. The van der Waals surface area contributed by atoms with Gasteiger partial charge in [0.1, 0.15) is 5.60 Å². The maximum atomic E-state index is 11.3. The monoisotopic (exact) mass is 242 g/mol. The number of carbonyl (C=O) groups is 1. The molecule has 0 aliphatic rings. The van der Waals surface area contributed by atoms with Crippen molar-refractivity contribution in [1.82, 2.24) is 5.32 Å². The minimum absolute atomic E-state index is 0.182. The van der Waals surface area contributed by atoms with Crippen LogP contribution in [0.5, 0.6) is 0 Å². The van der Waals surface area contributed by atoms with Crippen LogP contribution in [-0.4, -0.2) is 18.2 Å². The number of ether oxygens (including phenoxy) is 1.